The highest BCUT2D eigenvalue weighted by Crippen LogP contribution is 2.15. The highest BCUT2D eigenvalue weighted by molar-refractivity contribution is 5.87. The van der Waals surface area contributed by atoms with Crippen molar-refractivity contribution in [3.8, 4) is 0 Å². The number of rotatable bonds is 4. The van der Waals surface area contributed by atoms with Crippen LogP contribution in [-0.4, -0.2) is 5.91 Å². The van der Waals surface area contributed by atoms with Crippen LogP contribution < -0.4 is 5.32 Å². The van der Waals surface area contributed by atoms with Gasteiger partial charge in [0.15, 0.2) is 0 Å². The first-order valence-electron chi connectivity index (χ1n) is 6.18. The molecule has 0 radical (unpaired) electrons. The van der Waals surface area contributed by atoms with Crippen molar-refractivity contribution >= 4 is 5.91 Å². The molecule has 0 bridgehead atoms. The Bertz CT molecular complexity index is 461. The Kier molecular flexibility index (Phi) is 5.37. The third kappa shape index (κ3) is 4.21. The molecular formula is C16H21NO. The van der Waals surface area contributed by atoms with Crippen molar-refractivity contribution in [3.05, 3.63) is 58.7 Å². The number of carbonyl (C=O) groups excluding carboxylic acids is 1. The fraction of sp³-hybridized carbons (Fsp3) is 0.312. The maximum atomic E-state index is 11.5. The van der Waals surface area contributed by atoms with Gasteiger partial charge in [0.25, 0.3) is 0 Å². The summed E-state index contributed by atoms with van der Waals surface area (Å²) in [5.74, 6) is -0.0625. The Hall–Kier alpha value is -1.83. The standard InChI is InChI=1S/C16H21NO/c1-5-6-7-8-16(18)17-11-15-13(3)9-12(2)10-14(15)4/h5-10H,11H2,1-4H3,(H,17,18)/b6-5+,8-7+. The molecule has 96 valence electrons. The summed E-state index contributed by atoms with van der Waals surface area (Å²) in [5.41, 5.74) is 4.91. The van der Waals surface area contributed by atoms with E-state index in [9.17, 15) is 4.79 Å². The van der Waals surface area contributed by atoms with E-state index in [2.05, 4.69) is 38.2 Å². The zero-order valence-corrected chi connectivity index (χ0v) is 11.6. The Morgan fingerprint density at radius 3 is 2.33 bits per heavy atom. The molecule has 0 aliphatic rings. The van der Waals surface area contributed by atoms with E-state index >= 15 is 0 Å². The van der Waals surface area contributed by atoms with Gasteiger partial charge in [-0.3, -0.25) is 4.79 Å². The lowest BCUT2D eigenvalue weighted by Gasteiger charge is -2.11. The van der Waals surface area contributed by atoms with E-state index in [0.29, 0.717) is 6.54 Å². The molecule has 0 spiro atoms. The summed E-state index contributed by atoms with van der Waals surface area (Å²) in [6.45, 7) is 8.74. The van der Waals surface area contributed by atoms with Gasteiger partial charge < -0.3 is 5.32 Å². The summed E-state index contributed by atoms with van der Waals surface area (Å²) in [7, 11) is 0. The molecule has 0 fully saturated rings. The Labute approximate surface area is 109 Å². The molecule has 1 amide bonds. The Morgan fingerprint density at radius 1 is 1.17 bits per heavy atom. The fourth-order valence-electron chi connectivity index (χ4n) is 1.98. The first-order valence-corrected chi connectivity index (χ1v) is 6.18. The average molecular weight is 243 g/mol. The monoisotopic (exact) mass is 243 g/mol. The third-order valence-electron chi connectivity index (χ3n) is 2.83. The van der Waals surface area contributed by atoms with Crippen LogP contribution >= 0.6 is 0 Å². The van der Waals surface area contributed by atoms with E-state index in [0.717, 1.165) is 0 Å². The van der Waals surface area contributed by atoms with Gasteiger partial charge in [0.05, 0.1) is 0 Å². The minimum absolute atomic E-state index is 0.0625. The van der Waals surface area contributed by atoms with Crippen LogP contribution in [0.3, 0.4) is 0 Å². The van der Waals surface area contributed by atoms with Crippen molar-refractivity contribution in [1.29, 1.82) is 0 Å². The Morgan fingerprint density at radius 2 is 1.78 bits per heavy atom. The molecule has 0 saturated heterocycles. The van der Waals surface area contributed by atoms with E-state index in [1.165, 1.54) is 22.3 Å². The lowest BCUT2D eigenvalue weighted by Crippen LogP contribution is -2.21. The molecule has 1 aromatic carbocycles. The SMILES string of the molecule is C/C=C/C=C/C(=O)NCc1c(C)cc(C)cc1C. The van der Waals surface area contributed by atoms with E-state index < -0.39 is 0 Å². The number of benzene rings is 1. The first-order chi connectivity index (χ1) is 8.54. The van der Waals surface area contributed by atoms with E-state index in [1.54, 1.807) is 12.2 Å². The molecule has 2 nitrogen and oxygen atoms in total. The molecule has 0 atom stereocenters. The zero-order chi connectivity index (χ0) is 13.5. The zero-order valence-electron chi connectivity index (χ0n) is 11.6. The maximum absolute atomic E-state index is 11.5. The second kappa shape index (κ2) is 6.80. The number of carbonyl (C=O) groups is 1. The van der Waals surface area contributed by atoms with Gasteiger partial charge in [-0.25, -0.2) is 0 Å². The first kappa shape index (κ1) is 14.2. The second-order valence-electron chi connectivity index (χ2n) is 4.48. The average Bonchev–Trinajstić information content (AvgIpc) is 2.27. The van der Waals surface area contributed by atoms with Crippen LogP contribution in [0.15, 0.2) is 36.4 Å². The number of nitrogens with one attached hydrogen (secondary N) is 1. The number of allylic oxidation sites excluding steroid dienone is 3. The predicted molar refractivity (Wildman–Crippen MR) is 76.5 cm³/mol. The molecular weight excluding hydrogens is 222 g/mol. The molecule has 0 aromatic heterocycles. The summed E-state index contributed by atoms with van der Waals surface area (Å²) in [5, 5.41) is 2.90. The van der Waals surface area contributed by atoms with Gasteiger partial charge in [-0.1, -0.05) is 35.9 Å². The smallest absolute Gasteiger partial charge is 0.244 e. The minimum Gasteiger partial charge on any atom is -0.348 e. The van der Waals surface area contributed by atoms with Gasteiger partial charge in [-0.15, -0.1) is 0 Å². The van der Waals surface area contributed by atoms with Crippen LogP contribution in [0.5, 0.6) is 0 Å². The van der Waals surface area contributed by atoms with Crippen LogP contribution in [0.25, 0.3) is 0 Å². The van der Waals surface area contributed by atoms with Gasteiger partial charge in [-0.2, -0.15) is 0 Å². The van der Waals surface area contributed by atoms with Crippen molar-refractivity contribution in [2.24, 2.45) is 0 Å². The summed E-state index contributed by atoms with van der Waals surface area (Å²) in [4.78, 5) is 11.5. The normalized spacial score (nSPS) is 11.3. The maximum Gasteiger partial charge on any atom is 0.244 e. The van der Waals surface area contributed by atoms with Crippen molar-refractivity contribution < 1.29 is 4.79 Å². The molecule has 1 N–H and O–H groups in total. The minimum atomic E-state index is -0.0625. The lowest BCUT2D eigenvalue weighted by molar-refractivity contribution is -0.116. The summed E-state index contributed by atoms with van der Waals surface area (Å²) in [6, 6.07) is 4.29. The highest BCUT2D eigenvalue weighted by Gasteiger charge is 2.04. The number of hydrogen-bond acceptors (Lipinski definition) is 1. The topological polar surface area (TPSA) is 29.1 Å². The van der Waals surface area contributed by atoms with Gasteiger partial charge in [-0.05, 0) is 44.4 Å². The predicted octanol–water partition coefficient (Wildman–Crippen LogP) is 3.36. The molecule has 0 heterocycles. The van der Waals surface area contributed by atoms with Crippen molar-refractivity contribution in [2.45, 2.75) is 34.2 Å². The van der Waals surface area contributed by atoms with Gasteiger partial charge in [0, 0.05) is 12.6 Å². The quantitative estimate of drug-likeness (QED) is 0.637. The molecule has 0 aliphatic heterocycles. The molecule has 1 aromatic rings. The molecule has 18 heavy (non-hydrogen) atoms. The largest absolute Gasteiger partial charge is 0.348 e. The van der Waals surface area contributed by atoms with E-state index in [1.807, 2.05) is 19.1 Å². The van der Waals surface area contributed by atoms with Crippen molar-refractivity contribution in [2.75, 3.05) is 0 Å². The van der Waals surface area contributed by atoms with Gasteiger partial charge in [0.1, 0.15) is 0 Å². The number of aryl methyl sites for hydroxylation is 3. The number of amides is 1. The molecule has 1 rings (SSSR count). The summed E-state index contributed by atoms with van der Waals surface area (Å²) >= 11 is 0. The lowest BCUT2D eigenvalue weighted by atomic mass is 10.00. The van der Waals surface area contributed by atoms with Crippen LogP contribution in [0.2, 0.25) is 0 Å². The van der Waals surface area contributed by atoms with Crippen LogP contribution in [0.4, 0.5) is 0 Å². The van der Waals surface area contributed by atoms with Crippen LogP contribution in [0, 0.1) is 20.8 Å². The van der Waals surface area contributed by atoms with Crippen molar-refractivity contribution in [3.63, 3.8) is 0 Å². The van der Waals surface area contributed by atoms with E-state index in [-0.39, 0.29) is 5.91 Å². The Balaban J connectivity index is 2.67. The molecule has 2 heteroatoms. The van der Waals surface area contributed by atoms with Gasteiger partial charge >= 0.3 is 0 Å². The summed E-state index contributed by atoms with van der Waals surface area (Å²) < 4.78 is 0. The third-order valence-corrected chi connectivity index (χ3v) is 2.83. The molecule has 0 saturated carbocycles. The molecule has 0 unspecified atom stereocenters. The number of hydrogen-bond donors (Lipinski definition) is 1. The second-order valence-corrected chi connectivity index (χ2v) is 4.48. The van der Waals surface area contributed by atoms with Gasteiger partial charge in [0.2, 0.25) is 5.91 Å². The fourth-order valence-corrected chi connectivity index (χ4v) is 1.98. The highest BCUT2D eigenvalue weighted by atomic mass is 16.1. The van der Waals surface area contributed by atoms with Crippen LogP contribution in [-0.2, 0) is 11.3 Å². The van der Waals surface area contributed by atoms with Crippen LogP contribution in [0.1, 0.15) is 29.2 Å². The van der Waals surface area contributed by atoms with E-state index in [4.69, 9.17) is 0 Å². The molecule has 0 aliphatic carbocycles. The van der Waals surface area contributed by atoms with Crippen molar-refractivity contribution in [1.82, 2.24) is 5.32 Å². The summed E-state index contributed by atoms with van der Waals surface area (Å²) in [6.07, 6.45) is 7.00.